The van der Waals surface area contributed by atoms with Crippen LogP contribution >= 0.6 is 11.6 Å². The van der Waals surface area contributed by atoms with Crippen LogP contribution in [0.15, 0.2) is 35.0 Å². The number of anilines is 2. The van der Waals surface area contributed by atoms with Crippen molar-refractivity contribution in [2.24, 2.45) is 0 Å². The van der Waals surface area contributed by atoms with Crippen LogP contribution < -0.4 is 9.80 Å². The first-order valence-corrected chi connectivity index (χ1v) is 9.95. The third-order valence-electron chi connectivity index (χ3n) is 5.00. The third kappa shape index (κ3) is 4.12. The number of carbonyl (C=O) groups excluding carboxylic acids is 1. The number of carbonyl (C=O) groups is 1. The lowest BCUT2D eigenvalue weighted by Gasteiger charge is -2.35. The lowest BCUT2D eigenvalue weighted by Crippen LogP contribution is -2.47. The van der Waals surface area contributed by atoms with Crippen molar-refractivity contribution in [2.75, 3.05) is 42.6 Å². The van der Waals surface area contributed by atoms with Crippen molar-refractivity contribution in [3.63, 3.8) is 0 Å². The Kier molecular flexibility index (Phi) is 5.65. The maximum absolute atomic E-state index is 13.5. The van der Waals surface area contributed by atoms with Crippen LogP contribution in [0.3, 0.4) is 0 Å². The summed E-state index contributed by atoms with van der Waals surface area (Å²) in [5.74, 6) is 0.154. The number of nitrogens with zero attached hydrogens (tertiary/aromatic N) is 4. The molecule has 3 heterocycles. The molecule has 1 saturated heterocycles. The molecule has 0 atom stereocenters. The highest BCUT2D eigenvalue weighted by Gasteiger charge is 2.36. The quantitative estimate of drug-likeness (QED) is 0.541. The molecule has 0 aliphatic carbocycles. The van der Waals surface area contributed by atoms with Gasteiger partial charge < -0.3 is 19.1 Å². The zero-order valence-corrected chi connectivity index (χ0v) is 17.2. The molecule has 2 aromatic heterocycles. The zero-order chi connectivity index (χ0) is 22.2. The van der Waals surface area contributed by atoms with Crippen LogP contribution in [0.25, 0.3) is 11.0 Å². The molecule has 0 N–H and O–H groups in total. The van der Waals surface area contributed by atoms with E-state index < -0.39 is 17.7 Å². The normalized spacial score (nSPS) is 14.9. The van der Waals surface area contributed by atoms with E-state index in [9.17, 15) is 18.0 Å². The Labute approximate surface area is 180 Å². The number of aromatic nitrogens is 2. The number of piperazine rings is 1. The van der Waals surface area contributed by atoms with Gasteiger partial charge in [-0.25, -0.2) is 9.78 Å². The molecule has 1 aromatic carbocycles. The number of alkyl halides is 3. The van der Waals surface area contributed by atoms with E-state index in [1.165, 1.54) is 24.4 Å². The second-order valence-electron chi connectivity index (χ2n) is 6.91. The molecule has 1 aliphatic heterocycles. The fourth-order valence-corrected chi connectivity index (χ4v) is 3.83. The van der Waals surface area contributed by atoms with Crippen molar-refractivity contribution in [1.82, 2.24) is 10.1 Å². The molecular formula is C20H18ClF3N4O3. The highest BCUT2D eigenvalue weighted by atomic mass is 35.5. The first-order chi connectivity index (χ1) is 14.8. The molecule has 0 radical (unpaired) electrons. The van der Waals surface area contributed by atoms with E-state index in [1.807, 2.05) is 4.90 Å². The van der Waals surface area contributed by atoms with Crippen molar-refractivity contribution in [1.29, 1.82) is 0 Å². The number of esters is 1. The van der Waals surface area contributed by atoms with E-state index in [1.54, 1.807) is 11.8 Å². The average Bonchev–Trinajstić information content (AvgIpc) is 3.17. The molecule has 0 bridgehead atoms. The van der Waals surface area contributed by atoms with Gasteiger partial charge in [0.2, 0.25) is 0 Å². The molecule has 3 aromatic rings. The molecule has 0 amide bonds. The van der Waals surface area contributed by atoms with Gasteiger partial charge in [-0.3, -0.25) is 0 Å². The molecule has 31 heavy (non-hydrogen) atoms. The summed E-state index contributed by atoms with van der Waals surface area (Å²) in [5, 5.41) is 4.15. The molecule has 1 aliphatic rings. The fourth-order valence-electron chi connectivity index (χ4n) is 3.55. The summed E-state index contributed by atoms with van der Waals surface area (Å²) >= 11 is 6.31. The molecule has 4 rings (SSSR count). The lowest BCUT2D eigenvalue weighted by molar-refractivity contribution is -0.136. The number of ether oxygens (including phenoxy) is 1. The maximum atomic E-state index is 13.5. The number of hydrogen-bond acceptors (Lipinski definition) is 7. The molecular weight excluding hydrogens is 437 g/mol. The lowest BCUT2D eigenvalue weighted by atomic mass is 10.1. The fraction of sp³-hybridized carbons (Fsp3) is 0.350. The van der Waals surface area contributed by atoms with Crippen LogP contribution in [-0.4, -0.2) is 48.9 Å². The smallest absolute Gasteiger partial charge is 0.417 e. The first-order valence-electron chi connectivity index (χ1n) is 9.57. The Morgan fingerprint density at radius 2 is 1.87 bits per heavy atom. The van der Waals surface area contributed by atoms with E-state index in [0.717, 1.165) is 6.07 Å². The van der Waals surface area contributed by atoms with Gasteiger partial charge in [-0.2, -0.15) is 13.2 Å². The second kappa shape index (κ2) is 8.26. The van der Waals surface area contributed by atoms with Crippen LogP contribution in [0.4, 0.5) is 24.8 Å². The van der Waals surface area contributed by atoms with E-state index in [2.05, 4.69) is 10.1 Å². The molecule has 11 heteroatoms. The summed E-state index contributed by atoms with van der Waals surface area (Å²) in [5.41, 5.74) is -0.433. The SMILES string of the molecule is CCOC(=O)c1cnc(N2CCN(c3noc4cccc(C(F)(F)F)c34)CC2)c(Cl)c1. The van der Waals surface area contributed by atoms with Gasteiger partial charge >= 0.3 is 12.1 Å². The van der Waals surface area contributed by atoms with Gasteiger partial charge in [0.1, 0.15) is 5.82 Å². The Hall–Kier alpha value is -3.01. The van der Waals surface area contributed by atoms with Crippen LogP contribution in [0.2, 0.25) is 5.02 Å². The summed E-state index contributed by atoms with van der Waals surface area (Å²) in [6.45, 7) is 3.64. The zero-order valence-electron chi connectivity index (χ0n) is 16.4. The highest BCUT2D eigenvalue weighted by Crippen LogP contribution is 2.39. The van der Waals surface area contributed by atoms with Crippen LogP contribution in [0, 0.1) is 0 Å². The predicted molar refractivity (Wildman–Crippen MR) is 109 cm³/mol. The van der Waals surface area contributed by atoms with Crippen LogP contribution in [0.5, 0.6) is 0 Å². The summed E-state index contributed by atoms with van der Waals surface area (Å²) in [6.07, 6.45) is -3.12. The van der Waals surface area contributed by atoms with E-state index in [-0.39, 0.29) is 29.0 Å². The molecule has 1 fully saturated rings. The van der Waals surface area contributed by atoms with Crippen molar-refractivity contribution < 1.29 is 27.2 Å². The van der Waals surface area contributed by atoms with Gasteiger partial charge in [-0.1, -0.05) is 22.8 Å². The number of fused-ring (bicyclic) bond motifs is 1. The molecule has 0 saturated carbocycles. The van der Waals surface area contributed by atoms with Gasteiger partial charge in [-0.05, 0) is 25.1 Å². The molecule has 0 unspecified atom stereocenters. The Morgan fingerprint density at radius 3 is 2.48 bits per heavy atom. The third-order valence-corrected chi connectivity index (χ3v) is 5.28. The van der Waals surface area contributed by atoms with E-state index in [0.29, 0.717) is 37.0 Å². The van der Waals surface area contributed by atoms with Crippen LogP contribution in [-0.2, 0) is 10.9 Å². The number of rotatable bonds is 4. The summed E-state index contributed by atoms with van der Waals surface area (Å²) in [7, 11) is 0. The maximum Gasteiger partial charge on any atom is 0.417 e. The first kappa shape index (κ1) is 21.2. The number of halogens is 4. The Balaban J connectivity index is 1.53. The minimum absolute atomic E-state index is 0.0432. The number of benzene rings is 1. The van der Waals surface area contributed by atoms with E-state index in [4.69, 9.17) is 20.9 Å². The predicted octanol–water partition coefficient (Wildman–Crippen LogP) is 4.40. The Morgan fingerprint density at radius 1 is 1.19 bits per heavy atom. The van der Waals surface area contributed by atoms with Gasteiger partial charge in [0, 0.05) is 32.4 Å². The van der Waals surface area contributed by atoms with Crippen molar-refractivity contribution in [3.05, 3.63) is 46.6 Å². The van der Waals surface area contributed by atoms with Gasteiger partial charge in [0.15, 0.2) is 11.4 Å². The molecule has 7 nitrogen and oxygen atoms in total. The Bertz CT molecular complexity index is 1110. The largest absolute Gasteiger partial charge is 0.462 e. The van der Waals surface area contributed by atoms with Gasteiger partial charge in [-0.15, -0.1) is 0 Å². The number of pyridine rings is 1. The van der Waals surface area contributed by atoms with Crippen molar-refractivity contribution >= 4 is 40.2 Å². The summed E-state index contributed by atoms with van der Waals surface area (Å²) < 4.78 is 50.4. The highest BCUT2D eigenvalue weighted by molar-refractivity contribution is 6.33. The molecule has 164 valence electrons. The van der Waals surface area contributed by atoms with Crippen molar-refractivity contribution in [3.8, 4) is 0 Å². The van der Waals surface area contributed by atoms with Crippen molar-refractivity contribution in [2.45, 2.75) is 13.1 Å². The monoisotopic (exact) mass is 454 g/mol. The average molecular weight is 455 g/mol. The number of hydrogen-bond donors (Lipinski definition) is 0. The standard InChI is InChI=1S/C20H18ClF3N4O3/c1-2-30-19(29)12-10-14(21)17(25-11-12)27-6-8-28(9-7-27)18-16-13(20(22,23)24)4-3-5-15(16)31-26-18/h3-5,10-11H,2,6-9H2,1H3. The topological polar surface area (TPSA) is 71.7 Å². The summed E-state index contributed by atoms with van der Waals surface area (Å²) in [4.78, 5) is 19.8. The summed E-state index contributed by atoms with van der Waals surface area (Å²) in [6, 6.07) is 5.28. The van der Waals surface area contributed by atoms with Gasteiger partial charge in [0.05, 0.1) is 28.1 Å². The van der Waals surface area contributed by atoms with Gasteiger partial charge in [0.25, 0.3) is 0 Å². The van der Waals surface area contributed by atoms with E-state index >= 15 is 0 Å². The van der Waals surface area contributed by atoms with Crippen LogP contribution in [0.1, 0.15) is 22.8 Å². The minimum atomic E-state index is -4.51. The molecule has 0 spiro atoms. The minimum Gasteiger partial charge on any atom is -0.462 e. The second-order valence-corrected chi connectivity index (χ2v) is 7.31.